The van der Waals surface area contributed by atoms with Crippen LogP contribution in [0.2, 0.25) is 0 Å². The Hall–Kier alpha value is -0.130. The van der Waals surface area contributed by atoms with Crippen molar-refractivity contribution in [3.8, 4) is 0 Å². The van der Waals surface area contributed by atoms with Gasteiger partial charge in [0.15, 0.2) is 11.6 Å². The molecule has 5 heteroatoms. The van der Waals surface area contributed by atoms with Crippen LogP contribution in [0.1, 0.15) is 20.8 Å². The van der Waals surface area contributed by atoms with Crippen LogP contribution in [0, 0.1) is 0 Å². The van der Waals surface area contributed by atoms with Crippen molar-refractivity contribution in [3.63, 3.8) is 0 Å². The molecule has 1 aliphatic rings. The molecule has 0 aliphatic carbocycles. The van der Waals surface area contributed by atoms with Gasteiger partial charge in [-0.1, -0.05) is 23.5 Å². The highest BCUT2D eigenvalue weighted by Gasteiger charge is 2.24. The van der Waals surface area contributed by atoms with Gasteiger partial charge in [-0.05, 0) is 27.0 Å². The van der Waals surface area contributed by atoms with Gasteiger partial charge >= 0.3 is 0 Å². The van der Waals surface area contributed by atoms with Crippen LogP contribution < -0.4 is 0 Å². The Morgan fingerprint density at radius 2 is 1.67 bits per heavy atom. The zero-order chi connectivity index (χ0) is 11.6. The monoisotopic (exact) mass is 260 g/mol. The lowest BCUT2D eigenvalue weighted by Gasteiger charge is -2.02. The summed E-state index contributed by atoms with van der Waals surface area (Å²) in [6.45, 7) is 4.89. The van der Waals surface area contributed by atoms with Gasteiger partial charge in [0, 0.05) is 4.91 Å². The molecule has 1 rings (SSSR count). The van der Waals surface area contributed by atoms with Gasteiger partial charge in [0.1, 0.15) is 0 Å². The Kier molecular flexibility index (Phi) is 4.55. The first kappa shape index (κ1) is 12.9. The van der Waals surface area contributed by atoms with Gasteiger partial charge in [-0.2, -0.15) is 0 Å². The van der Waals surface area contributed by atoms with Crippen LogP contribution in [0.3, 0.4) is 0 Å². The molecule has 0 aromatic carbocycles. The highest BCUT2D eigenvalue weighted by Crippen LogP contribution is 2.53. The number of carbonyl (C=O) groups is 2. The molecule has 0 saturated heterocycles. The SMILES string of the molecule is CSC1=C(C)SC(=C(C(C)=O)C(C)=O)S1. The van der Waals surface area contributed by atoms with E-state index in [9.17, 15) is 9.59 Å². The number of carbonyl (C=O) groups excluding carboxylic acids is 2. The third kappa shape index (κ3) is 2.92. The molecule has 0 saturated carbocycles. The molecule has 0 amide bonds. The van der Waals surface area contributed by atoms with E-state index in [-0.39, 0.29) is 11.6 Å². The van der Waals surface area contributed by atoms with Crippen molar-refractivity contribution in [2.24, 2.45) is 0 Å². The second kappa shape index (κ2) is 5.27. The topological polar surface area (TPSA) is 34.1 Å². The number of Topliss-reactive ketones (excluding diaryl/α,β-unsaturated/α-hetero) is 2. The van der Waals surface area contributed by atoms with E-state index in [1.54, 1.807) is 11.8 Å². The lowest BCUT2D eigenvalue weighted by molar-refractivity contribution is -0.119. The van der Waals surface area contributed by atoms with Crippen molar-refractivity contribution in [2.75, 3.05) is 6.26 Å². The van der Waals surface area contributed by atoms with E-state index >= 15 is 0 Å². The first-order chi connectivity index (χ1) is 6.97. The summed E-state index contributed by atoms with van der Waals surface area (Å²) in [6, 6.07) is 0. The van der Waals surface area contributed by atoms with E-state index in [1.807, 2.05) is 13.2 Å². The minimum absolute atomic E-state index is 0.146. The lowest BCUT2D eigenvalue weighted by atomic mass is 10.1. The van der Waals surface area contributed by atoms with Crippen LogP contribution in [0.25, 0.3) is 0 Å². The predicted molar refractivity (Wildman–Crippen MR) is 69.8 cm³/mol. The van der Waals surface area contributed by atoms with Crippen molar-refractivity contribution in [1.82, 2.24) is 0 Å². The van der Waals surface area contributed by atoms with Crippen molar-refractivity contribution >= 4 is 46.9 Å². The molecule has 15 heavy (non-hydrogen) atoms. The number of thioether (sulfide) groups is 3. The standard InChI is InChI=1S/C10H12O2S3/c1-5(11)8(6(2)12)10-14-7(3)9(13-4)15-10/h1-4H3. The smallest absolute Gasteiger partial charge is 0.165 e. The lowest BCUT2D eigenvalue weighted by Crippen LogP contribution is -2.07. The van der Waals surface area contributed by atoms with Crippen LogP contribution in [-0.4, -0.2) is 17.8 Å². The summed E-state index contributed by atoms with van der Waals surface area (Å²) in [5.74, 6) is -0.291. The molecular weight excluding hydrogens is 248 g/mol. The molecule has 82 valence electrons. The van der Waals surface area contributed by atoms with Crippen LogP contribution in [0.4, 0.5) is 0 Å². The Bertz CT molecular complexity index is 364. The molecule has 1 heterocycles. The van der Waals surface area contributed by atoms with Crippen molar-refractivity contribution in [2.45, 2.75) is 20.8 Å². The van der Waals surface area contributed by atoms with E-state index in [0.717, 1.165) is 4.24 Å². The van der Waals surface area contributed by atoms with Crippen LogP contribution in [0.5, 0.6) is 0 Å². The second-order valence-corrected chi connectivity index (χ2v) is 6.61. The van der Waals surface area contributed by atoms with E-state index in [0.29, 0.717) is 5.57 Å². The van der Waals surface area contributed by atoms with E-state index in [4.69, 9.17) is 0 Å². The molecule has 1 aliphatic heterocycles. The average Bonchev–Trinajstić information content (AvgIpc) is 2.45. The van der Waals surface area contributed by atoms with Crippen LogP contribution in [0.15, 0.2) is 19.0 Å². The van der Waals surface area contributed by atoms with Gasteiger partial charge < -0.3 is 0 Å². The maximum atomic E-state index is 11.3. The molecule has 2 nitrogen and oxygen atoms in total. The number of hydrogen-bond acceptors (Lipinski definition) is 5. The van der Waals surface area contributed by atoms with Gasteiger partial charge in [0.2, 0.25) is 0 Å². The van der Waals surface area contributed by atoms with Gasteiger partial charge in [-0.25, -0.2) is 0 Å². The number of hydrogen-bond donors (Lipinski definition) is 0. The zero-order valence-corrected chi connectivity index (χ0v) is 11.5. The average molecular weight is 260 g/mol. The maximum absolute atomic E-state index is 11.3. The fourth-order valence-corrected chi connectivity index (χ4v) is 5.08. The zero-order valence-electron chi connectivity index (χ0n) is 9.04. The molecule has 0 N–H and O–H groups in total. The summed E-state index contributed by atoms with van der Waals surface area (Å²) < 4.78 is 2.01. The van der Waals surface area contributed by atoms with Gasteiger partial charge in [-0.3, -0.25) is 9.59 Å². The second-order valence-electron chi connectivity index (χ2n) is 3.03. The molecule has 0 radical (unpaired) electrons. The number of ketones is 2. The number of allylic oxidation sites excluding steroid dienone is 2. The van der Waals surface area contributed by atoms with Gasteiger partial charge in [-0.15, -0.1) is 11.8 Å². The fourth-order valence-electron chi connectivity index (χ4n) is 1.18. The normalized spacial score (nSPS) is 15.9. The molecule has 0 spiro atoms. The Morgan fingerprint density at radius 1 is 1.13 bits per heavy atom. The summed E-state index contributed by atoms with van der Waals surface area (Å²) in [4.78, 5) is 23.9. The summed E-state index contributed by atoms with van der Waals surface area (Å²) in [7, 11) is 0. The molecule has 0 fully saturated rings. The molecular formula is C10H12O2S3. The predicted octanol–water partition coefficient (Wildman–Crippen LogP) is 3.41. The highest BCUT2D eigenvalue weighted by molar-refractivity contribution is 8.35. The third-order valence-electron chi connectivity index (χ3n) is 1.81. The Morgan fingerprint density at radius 3 is 2.00 bits per heavy atom. The van der Waals surface area contributed by atoms with E-state index in [1.165, 1.54) is 46.5 Å². The third-order valence-corrected chi connectivity index (χ3v) is 5.78. The minimum atomic E-state index is -0.146. The molecule has 0 unspecified atom stereocenters. The Labute approximate surface area is 102 Å². The number of rotatable bonds is 3. The van der Waals surface area contributed by atoms with Crippen molar-refractivity contribution in [1.29, 1.82) is 0 Å². The van der Waals surface area contributed by atoms with Gasteiger partial charge in [0.05, 0.1) is 14.0 Å². The molecule has 0 bridgehead atoms. The van der Waals surface area contributed by atoms with Gasteiger partial charge in [0.25, 0.3) is 0 Å². The summed E-state index contributed by atoms with van der Waals surface area (Å²) in [5.41, 5.74) is 0.341. The summed E-state index contributed by atoms with van der Waals surface area (Å²) in [6.07, 6.45) is 2.00. The van der Waals surface area contributed by atoms with Crippen LogP contribution >= 0.6 is 35.3 Å². The largest absolute Gasteiger partial charge is 0.294 e. The fraction of sp³-hybridized carbons (Fsp3) is 0.400. The maximum Gasteiger partial charge on any atom is 0.165 e. The summed E-state index contributed by atoms with van der Waals surface area (Å²) in [5, 5.41) is 0. The minimum Gasteiger partial charge on any atom is -0.294 e. The van der Waals surface area contributed by atoms with Crippen LogP contribution in [-0.2, 0) is 9.59 Å². The molecule has 0 atom stereocenters. The highest BCUT2D eigenvalue weighted by atomic mass is 32.2. The quantitative estimate of drug-likeness (QED) is 0.441. The first-order valence-electron chi connectivity index (χ1n) is 4.34. The van der Waals surface area contributed by atoms with E-state index in [2.05, 4.69) is 0 Å². The van der Waals surface area contributed by atoms with Crippen molar-refractivity contribution in [3.05, 3.63) is 19.0 Å². The Balaban J connectivity index is 3.05. The first-order valence-corrected chi connectivity index (χ1v) is 7.19. The summed E-state index contributed by atoms with van der Waals surface area (Å²) >= 11 is 4.70. The molecule has 0 aromatic rings. The van der Waals surface area contributed by atoms with Crippen molar-refractivity contribution < 1.29 is 9.59 Å². The molecule has 0 aromatic heterocycles. The van der Waals surface area contributed by atoms with E-state index < -0.39 is 0 Å².